The van der Waals surface area contributed by atoms with E-state index in [1.165, 1.54) is 5.69 Å². The number of hydrogen-bond donors (Lipinski definition) is 0. The highest BCUT2D eigenvalue weighted by molar-refractivity contribution is 7.98. The van der Waals surface area contributed by atoms with Crippen LogP contribution in [-0.2, 0) is 6.42 Å². The number of halogens is 1. The van der Waals surface area contributed by atoms with Crippen LogP contribution in [0.25, 0.3) is 16.7 Å². The summed E-state index contributed by atoms with van der Waals surface area (Å²) in [5.41, 5.74) is 4.22. The Bertz CT molecular complexity index is 811. The van der Waals surface area contributed by atoms with E-state index in [0.717, 1.165) is 39.0 Å². The van der Waals surface area contributed by atoms with Crippen molar-refractivity contribution in [2.75, 3.05) is 6.26 Å². The van der Waals surface area contributed by atoms with E-state index in [4.69, 9.17) is 16.6 Å². The first-order chi connectivity index (χ1) is 10.1. The fourth-order valence-electron chi connectivity index (χ4n) is 2.50. The first-order valence-corrected chi connectivity index (χ1v) is 8.43. The molecule has 0 aliphatic rings. The molecule has 2 heterocycles. The standard InChI is InChI=1S/C16H16ClN3S/c1-4-12-9-14-10(2)18-16(21-3)19-15(14)20(12)13-7-5-6-11(17)8-13/h5-9H,4H2,1-3H3. The molecule has 3 nitrogen and oxygen atoms in total. The van der Waals surface area contributed by atoms with Crippen LogP contribution in [0.3, 0.4) is 0 Å². The molecule has 5 heteroatoms. The van der Waals surface area contributed by atoms with Crippen LogP contribution in [0.5, 0.6) is 0 Å². The van der Waals surface area contributed by atoms with Crippen molar-refractivity contribution >= 4 is 34.4 Å². The first-order valence-electron chi connectivity index (χ1n) is 6.83. The van der Waals surface area contributed by atoms with E-state index in [2.05, 4.69) is 28.6 Å². The van der Waals surface area contributed by atoms with Gasteiger partial charge in [0.25, 0.3) is 0 Å². The Morgan fingerprint density at radius 3 is 2.71 bits per heavy atom. The average molecular weight is 318 g/mol. The lowest BCUT2D eigenvalue weighted by molar-refractivity contribution is 0.912. The van der Waals surface area contributed by atoms with E-state index in [-0.39, 0.29) is 0 Å². The van der Waals surface area contributed by atoms with E-state index in [0.29, 0.717) is 0 Å². The second-order valence-electron chi connectivity index (χ2n) is 4.84. The molecule has 3 rings (SSSR count). The van der Waals surface area contributed by atoms with Gasteiger partial charge in [-0.15, -0.1) is 0 Å². The Kier molecular flexibility index (Phi) is 3.91. The number of benzene rings is 1. The van der Waals surface area contributed by atoms with Gasteiger partial charge in [-0.3, -0.25) is 4.57 Å². The first kappa shape index (κ1) is 14.4. The van der Waals surface area contributed by atoms with Crippen LogP contribution >= 0.6 is 23.4 Å². The molecular formula is C16H16ClN3S. The Labute approximate surface area is 133 Å². The van der Waals surface area contributed by atoms with Crippen LogP contribution in [0.15, 0.2) is 35.5 Å². The summed E-state index contributed by atoms with van der Waals surface area (Å²) in [4.78, 5) is 9.23. The van der Waals surface area contributed by atoms with Crippen molar-refractivity contribution < 1.29 is 0 Å². The number of hydrogen-bond acceptors (Lipinski definition) is 3. The van der Waals surface area contributed by atoms with Gasteiger partial charge >= 0.3 is 0 Å². The third-order valence-corrected chi connectivity index (χ3v) is 4.30. The van der Waals surface area contributed by atoms with Crippen LogP contribution in [0, 0.1) is 6.92 Å². The van der Waals surface area contributed by atoms with E-state index < -0.39 is 0 Å². The monoisotopic (exact) mass is 317 g/mol. The predicted octanol–water partition coefficient (Wildman–Crippen LogP) is 4.67. The number of fused-ring (bicyclic) bond motifs is 1. The van der Waals surface area contributed by atoms with E-state index in [1.807, 2.05) is 31.4 Å². The molecule has 0 radical (unpaired) electrons. The number of aromatic nitrogens is 3. The summed E-state index contributed by atoms with van der Waals surface area (Å²) in [6.45, 7) is 4.18. The fraction of sp³-hybridized carbons (Fsp3) is 0.250. The quantitative estimate of drug-likeness (QED) is 0.519. The Hall–Kier alpha value is -1.52. The highest BCUT2D eigenvalue weighted by atomic mass is 35.5. The van der Waals surface area contributed by atoms with E-state index in [9.17, 15) is 0 Å². The summed E-state index contributed by atoms with van der Waals surface area (Å²) in [6, 6.07) is 10.1. The van der Waals surface area contributed by atoms with Gasteiger partial charge in [-0.1, -0.05) is 36.4 Å². The van der Waals surface area contributed by atoms with Crippen LogP contribution in [0.1, 0.15) is 18.3 Å². The number of rotatable bonds is 3. The van der Waals surface area contributed by atoms with Gasteiger partial charge in [0.1, 0.15) is 5.65 Å². The minimum atomic E-state index is 0.729. The topological polar surface area (TPSA) is 30.7 Å². The van der Waals surface area contributed by atoms with Crippen LogP contribution in [-0.4, -0.2) is 20.8 Å². The zero-order chi connectivity index (χ0) is 15.0. The van der Waals surface area contributed by atoms with Gasteiger partial charge in [-0.25, -0.2) is 9.97 Å². The Balaban J connectivity index is 2.36. The molecule has 0 unspecified atom stereocenters. The molecule has 0 saturated heterocycles. The van der Waals surface area contributed by atoms with Crippen molar-refractivity contribution in [2.45, 2.75) is 25.4 Å². The van der Waals surface area contributed by atoms with Crippen LogP contribution in [0.2, 0.25) is 5.02 Å². The fourth-order valence-corrected chi connectivity index (χ4v) is 3.09. The molecular weight excluding hydrogens is 302 g/mol. The second-order valence-corrected chi connectivity index (χ2v) is 6.05. The van der Waals surface area contributed by atoms with Crippen molar-refractivity contribution in [1.29, 1.82) is 0 Å². The van der Waals surface area contributed by atoms with Gasteiger partial charge in [-0.05, 0) is 43.9 Å². The lowest BCUT2D eigenvalue weighted by Gasteiger charge is -2.10. The zero-order valence-corrected chi connectivity index (χ0v) is 13.8. The molecule has 108 valence electrons. The molecule has 0 atom stereocenters. The normalized spacial score (nSPS) is 11.2. The van der Waals surface area contributed by atoms with Gasteiger partial charge in [0.15, 0.2) is 5.16 Å². The van der Waals surface area contributed by atoms with Crippen molar-refractivity contribution in [3.63, 3.8) is 0 Å². The zero-order valence-electron chi connectivity index (χ0n) is 12.2. The maximum atomic E-state index is 6.15. The van der Waals surface area contributed by atoms with Gasteiger partial charge in [0.2, 0.25) is 0 Å². The molecule has 2 aromatic heterocycles. The lowest BCUT2D eigenvalue weighted by atomic mass is 10.2. The average Bonchev–Trinajstić information content (AvgIpc) is 2.86. The molecule has 0 spiro atoms. The highest BCUT2D eigenvalue weighted by Crippen LogP contribution is 2.28. The van der Waals surface area contributed by atoms with Crippen molar-refractivity contribution in [1.82, 2.24) is 14.5 Å². The van der Waals surface area contributed by atoms with Gasteiger partial charge < -0.3 is 0 Å². The molecule has 3 aromatic rings. The van der Waals surface area contributed by atoms with E-state index in [1.54, 1.807) is 11.8 Å². The predicted molar refractivity (Wildman–Crippen MR) is 89.8 cm³/mol. The SMILES string of the molecule is CCc1cc2c(C)nc(SC)nc2n1-c1cccc(Cl)c1. The number of thioether (sulfide) groups is 1. The summed E-state index contributed by atoms with van der Waals surface area (Å²) < 4.78 is 2.18. The molecule has 0 aliphatic heterocycles. The summed E-state index contributed by atoms with van der Waals surface area (Å²) in [7, 11) is 0. The minimum Gasteiger partial charge on any atom is -0.298 e. The second kappa shape index (κ2) is 5.70. The van der Waals surface area contributed by atoms with Crippen LogP contribution < -0.4 is 0 Å². The molecule has 0 N–H and O–H groups in total. The minimum absolute atomic E-state index is 0.729. The smallest absolute Gasteiger partial charge is 0.189 e. The molecule has 1 aromatic carbocycles. The largest absolute Gasteiger partial charge is 0.298 e. The van der Waals surface area contributed by atoms with Gasteiger partial charge in [0.05, 0.1) is 5.69 Å². The van der Waals surface area contributed by atoms with Gasteiger partial charge in [-0.2, -0.15) is 0 Å². The summed E-state index contributed by atoms with van der Waals surface area (Å²) in [6.07, 6.45) is 2.92. The molecule has 0 amide bonds. The van der Waals surface area contributed by atoms with Crippen molar-refractivity contribution in [3.05, 3.63) is 46.7 Å². The van der Waals surface area contributed by atoms with Gasteiger partial charge in [0, 0.05) is 21.8 Å². The highest BCUT2D eigenvalue weighted by Gasteiger charge is 2.14. The maximum Gasteiger partial charge on any atom is 0.189 e. The summed E-state index contributed by atoms with van der Waals surface area (Å²) in [5.74, 6) is 0. The third kappa shape index (κ3) is 2.54. The lowest BCUT2D eigenvalue weighted by Crippen LogP contribution is -2.01. The third-order valence-electron chi connectivity index (χ3n) is 3.52. The van der Waals surface area contributed by atoms with E-state index >= 15 is 0 Å². The van der Waals surface area contributed by atoms with Crippen molar-refractivity contribution in [3.8, 4) is 5.69 Å². The van der Waals surface area contributed by atoms with Crippen molar-refractivity contribution in [2.24, 2.45) is 0 Å². The molecule has 0 aliphatic carbocycles. The summed E-state index contributed by atoms with van der Waals surface area (Å²) >= 11 is 7.71. The van der Waals surface area contributed by atoms with Crippen LogP contribution in [0.4, 0.5) is 0 Å². The molecule has 21 heavy (non-hydrogen) atoms. The summed E-state index contributed by atoms with van der Waals surface area (Å²) in [5, 5.41) is 2.63. The molecule has 0 bridgehead atoms. The molecule has 0 saturated carbocycles. The Morgan fingerprint density at radius 1 is 1.24 bits per heavy atom. The number of nitrogens with zero attached hydrogens (tertiary/aromatic N) is 3. The molecule has 0 fully saturated rings. The maximum absolute atomic E-state index is 6.15. The Morgan fingerprint density at radius 2 is 2.05 bits per heavy atom. The number of aryl methyl sites for hydroxylation is 2.